The molecule has 1 spiro atoms. The molecule has 2 bridgehead atoms. The molecule has 2 aliphatic heterocycles. The molecule has 250 valence electrons. The van der Waals surface area contributed by atoms with Crippen LogP contribution in [0.25, 0.3) is 0 Å². The molecule has 10 heteroatoms. The van der Waals surface area contributed by atoms with E-state index in [4.69, 9.17) is 14.2 Å². The number of alkyl halides is 3. The summed E-state index contributed by atoms with van der Waals surface area (Å²) >= 11 is 0. The summed E-state index contributed by atoms with van der Waals surface area (Å²) in [6.07, 6.45) is -1.79. The average Bonchev–Trinajstić information content (AvgIpc) is 3.42. The van der Waals surface area contributed by atoms with E-state index < -0.39 is 40.8 Å². The fourth-order valence-corrected chi connectivity index (χ4v) is 8.88. The highest BCUT2D eigenvalue weighted by atomic mass is 19.4. The van der Waals surface area contributed by atoms with Crippen molar-refractivity contribution in [3.05, 3.63) is 94.5 Å². The second-order valence-corrected chi connectivity index (χ2v) is 13.2. The monoisotopic (exact) mass is 658 g/mol. The SMILES string of the molecule is COc1ccc2c3c1O[C@H]1[C@H](N(C)C(=O)C#Cc4ccc(C(F)(F)F)cc4)CC[C@@]4(OC(C)=O)[C@@H](C2)N(CCc2ccccc2)CC[C@]314. The molecule has 7 nitrogen and oxygen atoms in total. The van der Waals surface area contributed by atoms with Crippen molar-refractivity contribution in [2.45, 2.75) is 74.4 Å². The lowest BCUT2D eigenvalue weighted by Crippen LogP contribution is -2.79. The van der Waals surface area contributed by atoms with Crippen molar-refractivity contribution >= 4 is 11.9 Å². The van der Waals surface area contributed by atoms with Crippen molar-refractivity contribution < 1.29 is 37.0 Å². The normalized spacial score (nSPS) is 26.8. The molecule has 1 saturated heterocycles. The third-order valence-corrected chi connectivity index (χ3v) is 10.9. The highest BCUT2D eigenvalue weighted by Crippen LogP contribution is 2.67. The number of amides is 1. The molecule has 1 saturated carbocycles. The van der Waals surface area contributed by atoms with Gasteiger partial charge in [0.1, 0.15) is 11.7 Å². The quantitative estimate of drug-likeness (QED) is 0.255. The number of methoxy groups -OCH3 is 1. The summed E-state index contributed by atoms with van der Waals surface area (Å²) < 4.78 is 58.3. The van der Waals surface area contributed by atoms with E-state index in [0.717, 1.165) is 42.8 Å². The average molecular weight is 659 g/mol. The van der Waals surface area contributed by atoms with Crippen LogP contribution in [0.4, 0.5) is 13.2 Å². The predicted octanol–water partition coefficient (Wildman–Crippen LogP) is 5.56. The predicted molar refractivity (Wildman–Crippen MR) is 172 cm³/mol. The van der Waals surface area contributed by atoms with Crippen molar-refractivity contribution in [1.29, 1.82) is 0 Å². The van der Waals surface area contributed by atoms with Crippen molar-refractivity contribution in [2.24, 2.45) is 0 Å². The van der Waals surface area contributed by atoms with Gasteiger partial charge in [-0.25, -0.2) is 0 Å². The van der Waals surface area contributed by atoms with Gasteiger partial charge in [-0.05, 0) is 80.1 Å². The van der Waals surface area contributed by atoms with Crippen LogP contribution in [0, 0.1) is 11.8 Å². The number of likely N-dealkylation sites (tertiary alicyclic amines) is 1. The van der Waals surface area contributed by atoms with Crippen LogP contribution < -0.4 is 9.47 Å². The van der Waals surface area contributed by atoms with Gasteiger partial charge in [-0.2, -0.15) is 13.2 Å². The van der Waals surface area contributed by atoms with Gasteiger partial charge in [0.2, 0.25) is 0 Å². The van der Waals surface area contributed by atoms with E-state index in [-0.39, 0.29) is 12.0 Å². The molecule has 0 unspecified atom stereocenters. The number of rotatable bonds is 6. The first-order valence-corrected chi connectivity index (χ1v) is 16.3. The van der Waals surface area contributed by atoms with E-state index in [1.807, 2.05) is 24.3 Å². The van der Waals surface area contributed by atoms with Crippen LogP contribution in [0.5, 0.6) is 11.5 Å². The second kappa shape index (κ2) is 11.9. The molecule has 7 rings (SSSR count). The number of hydrogen-bond donors (Lipinski definition) is 0. The first kappa shape index (κ1) is 32.1. The van der Waals surface area contributed by atoms with Gasteiger partial charge in [-0.15, -0.1) is 0 Å². The molecule has 48 heavy (non-hydrogen) atoms. The molecule has 2 fully saturated rings. The fraction of sp³-hybridized carbons (Fsp3) is 0.421. The number of piperidine rings is 1. The van der Waals surface area contributed by atoms with Crippen LogP contribution in [0.3, 0.4) is 0 Å². The van der Waals surface area contributed by atoms with E-state index in [1.165, 1.54) is 24.6 Å². The molecule has 4 aliphatic rings. The smallest absolute Gasteiger partial charge is 0.416 e. The van der Waals surface area contributed by atoms with E-state index in [1.54, 1.807) is 19.1 Å². The van der Waals surface area contributed by atoms with Crippen LogP contribution in [0.2, 0.25) is 0 Å². The molecule has 0 N–H and O–H groups in total. The lowest BCUT2D eigenvalue weighted by molar-refractivity contribution is -0.223. The van der Waals surface area contributed by atoms with Gasteiger partial charge in [-0.3, -0.25) is 14.5 Å². The number of halogens is 3. The Hall–Kier alpha value is -4.49. The summed E-state index contributed by atoms with van der Waals surface area (Å²) in [7, 11) is 3.28. The molecule has 2 aliphatic carbocycles. The lowest BCUT2D eigenvalue weighted by Gasteiger charge is -2.65. The highest BCUT2D eigenvalue weighted by Gasteiger charge is 2.75. The maximum absolute atomic E-state index is 13.6. The van der Waals surface area contributed by atoms with Crippen LogP contribution in [0.1, 0.15) is 54.0 Å². The zero-order chi connectivity index (χ0) is 33.8. The standard InChI is InChI=1S/C38H37F3N2O5/c1-24(44)48-37-19-17-29(42(2)32(45)16-11-26-9-13-28(14-10-26)38(39,40)41)35-36(37)20-22-43(21-18-25-7-5-4-6-8-25)31(37)23-27-12-15-30(46-3)34(47-35)33(27)36/h4-10,12-15,29,31,35H,17-23H2,1-3H3/t29-,31-,35+,36+,37-/m1/s1. The summed E-state index contributed by atoms with van der Waals surface area (Å²) in [6, 6.07) is 18.3. The van der Waals surface area contributed by atoms with Crippen molar-refractivity contribution in [2.75, 3.05) is 27.2 Å². The number of ether oxygens (including phenoxy) is 3. The highest BCUT2D eigenvalue weighted by molar-refractivity contribution is 5.94. The Morgan fingerprint density at radius 3 is 2.50 bits per heavy atom. The zero-order valence-electron chi connectivity index (χ0n) is 27.1. The number of carbonyl (C=O) groups is 2. The summed E-state index contributed by atoms with van der Waals surface area (Å²) in [5.41, 5.74) is 1.27. The summed E-state index contributed by atoms with van der Waals surface area (Å²) in [5, 5.41) is 0. The Bertz CT molecular complexity index is 1800. The third-order valence-electron chi connectivity index (χ3n) is 10.9. The van der Waals surface area contributed by atoms with Gasteiger partial charge in [0.05, 0.1) is 30.2 Å². The Kier molecular flexibility index (Phi) is 7.94. The first-order valence-electron chi connectivity index (χ1n) is 16.3. The van der Waals surface area contributed by atoms with E-state index >= 15 is 0 Å². The minimum absolute atomic E-state index is 0.0989. The Morgan fingerprint density at radius 1 is 1.06 bits per heavy atom. The maximum atomic E-state index is 13.6. The lowest BCUT2D eigenvalue weighted by atomic mass is 9.48. The molecule has 0 aromatic heterocycles. The van der Waals surface area contributed by atoms with Gasteiger partial charge >= 0.3 is 12.1 Å². The minimum atomic E-state index is -4.46. The summed E-state index contributed by atoms with van der Waals surface area (Å²) in [5.74, 6) is 5.76. The van der Waals surface area contributed by atoms with Crippen molar-refractivity contribution in [3.63, 3.8) is 0 Å². The number of carbonyl (C=O) groups excluding carboxylic acids is 2. The van der Waals surface area contributed by atoms with E-state index in [2.05, 4.69) is 34.9 Å². The van der Waals surface area contributed by atoms with Crippen LogP contribution in [-0.4, -0.2) is 72.7 Å². The Morgan fingerprint density at radius 2 is 1.81 bits per heavy atom. The van der Waals surface area contributed by atoms with Crippen LogP contribution >= 0.6 is 0 Å². The number of likely N-dealkylation sites (N-methyl/N-ethyl adjacent to an activating group) is 1. The molecular formula is C38H37F3N2O5. The van der Waals surface area contributed by atoms with Crippen LogP contribution in [0.15, 0.2) is 66.7 Å². The third kappa shape index (κ3) is 5.02. The number of benzene rings is 3. The molecule has 1 amide bonds. The molecule has 5 atom stereocenters. The van der Waals surface area contributed by atoms with Crippen molar-refractivity contribution in [1.82, 2.24) is 9.80 Å². The molecule has 0 radical (unpaired) electrons. The van der Waals surface area contributed by atoms with Gasteiger partial charge in [0.25, 0.3) is 5.91 Å². The molecular weight excluding hydrogens is 621 g/mol. The van der Waals surface area contributed by atoms with Gasteiger partial charge < -0.3 is 19.1 Å². The Labute approximate surface area is 278 Å². The van der Waals surface area contributed by atoms with E-state index in [9.17, 15) is 22.8 Å². The Balaban J connectivity index is 1.25. The maximum Gasteiger partial charge on any atom is 0.416 e. The molecule has 3 aromatic carbocycles. The van der Waals surface area contributed by atoms with E-state index in [0.29, 0.717) is 42.7 Å². The summed E-state index contributed by atoms with van der Waals surface area (Å²) in [6.45, 7) is 3.02. The zero-order valence-corrected chi connectivity index (χ0v) is 27.1. The first-order chi connectivity index (χ1) is 23.0. The van der Waals surface area contributed by atoms with Gasteiger partial charge in [0, 0.05) is 37.6 Å². The molecule has 3 aromatic rings. The largest absolute Gasteiger partial charge is 0.493 e. The number of esters is 1. The van der Waals surface area contributed by atoms with Gasteiger partial charge in [-0.1, -0.05) is 42.3 Å². The topological polar surface area (TPSA) is 68.3 Å². The fourth-order valence-electron chi connectivity index (χ4n) is 8.88. The molecule has 2 heterocycles. The van der Waals surface area contributed by atoms with Crippen molar-refractivity contribution in [3.8, 4) is 23.3 Å². The van der Waals surface area contributed by atoms with Crippen LogP contribution in [-0.2, 0) is 38.8 Å². The van der Waals surface area contributed by atoms with Gasteiger partial charge in [0.15, 0.2) is 11.5 Å². The number of hydrogen-bond acceptors (Lipinski definition) is 6. The second-order valence-electron chi connectivity index (χ2n) is 13.2. The number of nitrogens with zero attached hydrogens (tertiary/aromatic N) is 2. The minimum Gasteiger partial charge on any atom is -0.493 e. The summed E-state index contributed by atoms with van der Waals surface area (Å²) in [4.78, 5) is 30.6.